The summed E-state index contributed by atoms with van der Waals surface area (Å²) in [5.74, 6) is 1.24. The molecule has 0 bridgehead atoms. The Kier molecular flexibility index (Phi) is 2.48. The van der Waals surface area contributed by atoms with Crippen LogP contribution in [0.15, 0.2) is 42.5 Å². The van der Waals surface area contributed by atoms with Crippen LogP contribution < -0.4 is 4.74 Å². The molecule has 4 heteroatoms. The van der Waals surface area contributed by atoms with Crippen LogP contribution in [0.25, 0.3) is 22.4 Å². The van der Waals surface area contributed by atoms with Crippen molar-refractivity contribution in [2.45, 2.75) is 0 Å². The number of imidazole rings is 1. The molecule has 3 rings (SSSR count). The van der Waals surface area contributed by atoms with Gasteiger partial charge in [0, 0.05) is 11.6 Å². The van der Waals surface area contributed by atoms with Crippen molar-refractivity contribution in [1.82, 2.24) is 9.97 Å². The highest BCUT2D eigenvalue weighted by Gasteiger charge is 2.06. The first-order valence-electron chi connectivity index (χ1n) is 5.56. The van der Waals surface area contributed by atoms with Gasteiger partial charge in [0.2, 0.25) is 0 Å². The Labute approximate surface area is 103 Å². The van der Waals surface area contributed by atoms with E-state index in [1.54, 1.807) is 19.2 Å². The summed E-state index contributed by atoms with van der Waals surface area (Å²) in [6.07, 6.45) is 0. The van der Waals surface area contributed by atoms with Crippen LogP contribution in [-0.2, 0) is 0 Å². The standard InChI is InChI=1S/C14H11FN2O/c1-18-11-6-7-12-13(8-11)17-14(16-12)9-2-4-10(15)5-3-9/h2-8H,1H3,(H,16,17). The number of benzene rings is 2. The van der Waals surface area contributed by atoms with E-state index in [-0.39, 0.29) is 5.82 Å². The topological polar surface area (TPSA) is 37.9 Å². The second-order valence-corrected chi connectivity index (χ2v) is 3.98. The van der Waals surface area contributed by atoms with Crippen LogP contribution in [-0.4, -0.2) is 17.1 Å². The van der Waals surface area contributed by atoms with Gasteiger partial charge in [0.15, 0.2) is 0 Å². The zero-order valence-electron chi connectivity index (χ0n) is 9.77. The Morgan fingerprint density at radius 1 is 1.11 bits per heavy atom. The van der Waals surface area contributed by atoms with Gasteiger partial charge in [-0.3, -0.25) is 0 Å². The summed E-state index contributed by atoms with van der Waals surface area (Å²) in [5.41, 5.74) is 2.61. The number of rotatable bonds is 2. The number of hydrogen-bond donors (Lipinski definition) is 1. The van der Waals surface area contributed by atoms with Crippen molar-refractivity contribution in [3.05, 3.63) is 48.3 Å². The third-order valence-electron chi connectivity index (χ3n) is 2.81. The first kappa shape index (κ1) is 10.8. The fourth-order valence-electron chi connectivity index (χ4n) is 1.86. The molecule has 1 heterocycles. The minimum Gasteiger partial charge on any atom is -0.497 e. The summed E-state index contributed by atoms with van der Waals surface area (Å²) in [6, 6.07) is 11.9. The number of ether oxygens (including phenoxy) is 1. The molecule has 0 unspecified atom stereocenters. The second kappa shape index (κ2) is 4.14. The third kappa shape index (κ3) is 1.82. The molecular formula is C14H11FN2O. The number of fused-ring (bicyclic) bond motifs is 1. The molecule has 0 saturated carbocycles. The van der Waals surface area contributed by atoms with Crippen LogP contribution in [0.1, 0.15) is 0 Å². The van der Waals surface area contributed by atoms with Gasteiger partial charge in [0.1, 0.15) is 17.4 Å². The minimum absolute atomic E-state index is 0.253. The summed E-state index contributed by atoms with van der Waals surface area (Å²) < 4.78 is 18.0. The number of nitrogens with zero attached hydrogens (tertiary/aromatic N) is 1. The molecule has 0 atom stereocenters. The van der Waals surface area contributed by atoms with Crippen LogP contribution in [0.5, 0.6) is 5.75 Å². The largest absolute Gasteiger partial charge is 0.497 e. The van der Waals surface area contributed by atoms with E-state index in [1.165, 1.54) is 12.1 Å². The van der Waals surface area contributed by atoms with Gasteiger partial charge in [-0.2, -0.15) is 0 Å². The maximum Gasteiger partial charge on any atom is 0.138 e. The van der Waals surface area contributed by atoms with Crippen molar-refractivity contribution in [2.24, 2.45) is 0 Å². The van der Waals surface area contributed by atoms with E-state index < -0.39 is 0 Å². The predicted molar refractivity (Wildman–Crippen MR) is 68.0 cm³/mol. The molecule has 18 heavy (non-hydrogen) atoms. The number of methoxy groups -OCH3 is 1. The van der Waals surface area contributed by atoms with Crippen molar-refractivity contribution in [3.63, 3.8) is 0 Å². The molecule has 0 aliphatic rings. The summed E-state index contributed by atoms with van der Waals surface area (Å²) in [6.45, 7) is 0. The molecule has 3 aromatic rings. The molecule has 90 valence electrons. The van der Waals surface area contributed by atoms with Crippen LogP contribution in [0.2, 0.25) is 0 Å². The lowest BCUT2D eigenvalue weighted by molar-refractivity contribution is 0.415. The van der Waals surface area contributed by atoms with E-state index in [0.29, 0.717) is 0 Å². The lowest BCUT2D eigenvalue weighted by Gasteiger charge is -1.96. The molecule has 0 aliphatic heterocycles. The molecule has 2 aromatic carbocycles. The summed E-state index contributed by atoms with van der Waals surface area (Å²) in [7, 11) is 1.62. The van der Waals surface area contributed by atoms with E-state index in [2.05, 4.69) is 9.97 Å². The van der Waals surface area contributed by atoms with E-state index in [0.717, 1.165) is 28.2 Å². The molecule has 0 aliphatic carbocycles. The molecule has 0 radical (unpaired) electrons. The zero-order valence-corrected chi connectivity index (χ0v) is 9.77. The van der Waals surface area contributed by atoms with Gasteiger partial charge in [-0.1, -0.05) is 0 Å². The lowest BCUT2D eigenvalue weighted by atomic mass is 10.2. The van der Waals surface area contributed by atoms with Crippen LogP contribution in [0.4, 0.5) is 4.39 Å². The summed E-state index contributed by atoms with van der Waals surface area (Å²) >= 11 is 0. The first-order valence-corrected chi connectivity index (χ1v) is 5.56. The van der Waals surface area contributed by atoms with Crippen LogP contribution in [0.3, 0.4) is 0 Å². The fourth-order valence-corrected chi connectivity index (χ4v) is 1.86. The van der Waals surface area contributed by atoms with Crippen LogP contribution in [0, 0.1) is 5.82 Å². The smallest absolute Gasteiger partial charge is 0.138 e. The summed E-state index contributed by atoms with van der Waals surface area (Å²) in [4.78, 5) is 7.65. The van der Waals surface area contributed by atoms with Gasteiger partial charge in [0.25, 0.3) is 0 Å². The Bertz CT molecular complexity index is 689. The van der Waals surface area contributed by atoms with Crippen LogP contribution >= 0.6 is 0 Å². The molecule has 1 N–H and O–H groups in total. The molecular weight excluding hydrogens is 231 g/mol. The highest BCUT2D eigenvalue weighted by Crippen LogP contribution is 2.23. The average Bonchev–Trinajstić information content (AvgIpc) is 2.82. The molecule has 0 spiro atoms. The Balaban J connectivity index is 2.10. The SMILES string of the molecule is COc1ccc2nc(-c3ccc(F)cc3)[nH]c2c1. The maximum atomic E-state index is 12.9. The van der Waals surface area contributed by atoms with Gasteiger partial charge in [-0.15, -0.1) is 0 Å². The highest BCUT2D eigenvalue weighted by atomic mass is 19.1. The van der Waals surface area contributed by atoms with E-state index in [9.17, 15) is 4.39 Å². The highest BCUT2D eigenvalue weighted by molar-refractivity contribution is 5.80. The van der Waals surface area contributed by atoms with E-state index in [4.69, 9.17) is 4.74 Å². The number of aromatic nitrogens is 2. The Morgan fingerprint density at radius 3 is 2.61 bits per heavy atom. The Hall–Kier alpha value is -2.36. The second-order valence-electron chi connectivity index (χ2n) is 3.98. The molecule has 0 fully saturated rings. The lowest BCUT2D eigenvalue weighted by Crippen LogP contribution is -1.81. The van der Waals surface area contributed by atoms with Crippen molar-refractivity contribution in [1.29, 1.82) is 0 Å². The van der Waals surface area contributed by atoms with E-state index in [1.807, 2.05) is 18.2 Å². The Morgan fingerprint density at radius 2 is 1.89 bits per heavy atom. The number of hydrogen-bond acceptors (Lipinski definition) is 2. The monoisotopic (exact) mass is 242 g/mol. The molecule has 0 amide bonds. The first-order chi connectivity index (χ1) is 8.76. The normalized spacial score (nSPS) is 10.8. The number of H-pyrrole nitrogens is 1. The number of nitrogens with one attached hydrogen (secondary N) is 1. The zero-order chi connectivity index (χ0) is 12.5. The third-order valence-corrected chi connectivity index (χ3v) is 2.81. The van der Waals surface area contributed by atoms with Crippen molar-refractivity contribution in [2.75, 3.05) is 7.11 Å². The average molecular weight is 242 g/mol. The summed E-state index contributed by atoms with van der Waals surface area (Å²) in [5, 5.41) is 0. The van der Waals surface area contributed by atoms with Crippen molar-refractivity contribution >= 4 is 11.0 Å². The van der Waals surface area contributed by atoms with Crippen molar-refractivity contribution in [3.8, 4) is 17.1 Å². The van der Waals surface area contributed by atoms with E-state index >= 15 is 0 Å². The number of halogens is 1. The maximum absolute atomic E-state index is 12.9. The van der Waals surface area contributed by atoms with Gasteiger partial charge in [-0.25, -0.2) is 9.37 Å². The predicted octanol–water partition coefficient (Wildman–Crippen LogP) is 3.38. The molecule has 3 nitrogen and oxygen atoms in total. The van der Waals surface area contributed by atoms with Gasteiger partial charge in [-0.05, 0) is 36.4 Å². The quantitative estimate of drug-likeness (QED) is 0.748. The number of aromatic amines is 1. The fraction of sp³-hybridized carbons (Fsp3) is 0.0714. The minimum atomic E-state index is -0.253. The van der Waals surface area contributed by atoms with Gasteiger partial charge >= 0.3 is 0 Å². The van der Waals surface area contributed by atoms with Gasteiger partial charge in [0.05, 0.1) is 18.1 Å². The molecule has 0 saturated heterocycles. The van der Waals surface area contributed by atoms with Gasteiger partial charge < -0.3 is 9.72 Å². The molecule has 1 aromatic heterocycles. The van der Waals surface area contributed by atoms with Crippen molar-refractivity contribution < 1.29 is 9.13 Å².